The largest absolute Gasteiger partial charge is 0.495 e. The fourth-order valence-corrected chi connectivity index (χ4v) is 1.20. The molecule has 72 valence electrons. The Bertz CT molecular complexity index is 306. The third-order valence-corrected chi connectivity index (χ3v) is 1.97. The summed E-state index contributed by atoms with van der Waals surface area (Å²) in [4.78, 5) is 4.36. The Labute approximate surface area is 80.2 Å². The molecule has 0 spiro atoms. The topological polar surface area (TPSA) is 44.5 Å². The van der Waals surface area contributed by atoms with Crippen molar-refractivity contribution in [2.24, 2.45) is 5.90 Å². The first-order chi connectivity index (χ1) is 6.19. The molecule has 0 aromatic heterocycles. The minimum atomic E-state index is -0.437. The van der Waals surface area contributed by atoms with Crippen LogP contribution in [-0.2, 0) is 11.4 Å². The predicted octanol–water partition coefficient (Wildman–Crippen LogP) is 1.88. The first-order valence-corrected chi connectivity index (χ1v) is 3.90. The van der Waals surface area contributed by atoms with Crippen molar-refractivity contribution >= 4 is 11.6 Å². The highest BCUT2D eigenvalue weighted by atomic mass is 35.5. The molecule has 0 heterocycles. The fraction of sp³-hybridized carbons (Fsp3) is 0.250. The molecule has 1 aromatic rings. The first kappa shape index (κ1) is 10.2. The molecule has 0 aliphatic carbocycles. The molecule has 2 N–H and O–H groups in total. The smallest absolute Gasteiger partial charge is 0.140 e. The highest BCUT2D eigenvalue weighted by Crippen LogP contribution is 2.29. The van der Waals surface area contributed by atoms with Crippen molar-refractivity contribution in [2.45, 2.75) is 6.61 Å². The van der Waals surface area contributed by atoms with Crippen molar-refractivity contribution < 1.29 is 14.0 Å². The maximum Gasteiger partial charge on any atom is 0.140 e. The van der Waals surface area contributed by atoms with Crippen LogP contribution in [0.25, 0.3) is 0 Å². The monoisotopic (exact) mass is 205 g/mol. The van der Waals surface area contributed by atoms with Gasteiger partial charge in [-0.25, -0.2) is 10.3 Å². The fourth-order valence-electron chi connectivity index (χ4n) is 0.962. The van der Waals surface area contributed by atoms with Gasteiger partial charge in [-0.2, -0.15) is 0 Å². The zero-order valence-electron chi connectivity index (χ0n) is 7.01. The van der Waals surface area contributed by atoms with Crippen molar-refractivity contribution in [1.29, 1.82) is 0 Å². The number of hydrogen-bond acceptors (Lipinski definition) is 3. The van der Waals surface area contributed by atoms with E-state index in [-0.39, 0.29) is 12.4 Å². The Balaban J connectivity index is 3.11. The van der Waals surface area contributed by atoms with E-state index in [1.54, 1.807) is 0 Å². The number of hydrogen-bond donors (Lipinski definition) is 1. The summed E-state index contributed by atoms with van der Waals surface area (Å²) in [6, 6.07) is 2.44. The summed E-state index contributed by atoms with van der Waals surface area (Å²) in [5.74, 6) is 4.68. The summed E-state index contributed by atoms with van der Waals surface area (Å²) in [7, 11) is 1.41. The number of nitrogens with two attached hydrogens (primary N) is 1. The highest BCUT2D eigenvalue weighted by Gasteiger charge is 2.09. The van der Waals surface area contributed by atoms with Gasteiger partial charge in [0, 0.05) is 11.6 Å². The van der Waals surface area contributed by atoms with Gasteiger partial charge < -0.3 is 4.74 Å². The molecule has 1 aromatic carbocycles. The van der Waals surface area contributed by atoms with Crippen LogP contribution in [0.1, 0.15) is 5.56 Å². The molecule has 0 unspecified atom stereocenters. The summed E-state index contributed by atoms with van der Waals surface area (Å²) >= 11 is 5.83. The number of benzene rings is 1. The molecule has 0 saturated heterocycles. The zero-order chi connectivity index (χ0) is 9.84. The molecule has 0 bridgehead atoms. The third kappa shape index (κ3) is 2.30. The maximum atomic E-state index is 12.9. The molecule has 5 heteroatoms. The predicted molar refractivity (Wildman–Crippen MR) is 46.9 cm³/mol. The van der Waals surface area contributed by atoms with E-state index in [0.717, 1.165) is 0 Å². The Kier molecular flexibility index (Phi) is 3.48. The van der Waals surface area contributed by atoms with Crippen LogP contribution in [0.3, 0.4) is 0 Å². The van der Waals surface area contributed by atoms with Gasteiger partial charge in [0.1, 0.15) is 11.6 Å². The van der Waals surface area contributed by atoms with Crippen molar-refractivity contribution in [3.63, 3.8) is 0 Å². The minimum Gasteiger partial charge on any atom is -0.495 e. The molecule has 0 amide bonds. The molecular weight excluding hydrogens is 197 g/mol. The van der Waals surface area contributed by atoms with E-state index < -0.39 is 5.82 Å². The Morgan fingerprint density at radius 2 is 2.23 bits per heavy atom. The van der Waals surface area contributed by atoms with E-state index in [9.17, 15) is 4.39 Å². The standard InChI is InChI=1S/C8H9ClFNO2/c1-12-7-3-6(10)2-5(4-13-11)8(7)9/h2-3H,4,11H2,1H3. The lowest BCUT2D eigenvalue weighted by atomic mass is 10.2. The van der Waals surface area contributed by atoms with Gasteiger partial charge in [-0.05, 0) is 6.07 Å². The molecule has 3 nitrogen and oxygen atoms in total. The lowest BCUT2D eigenvalue weighted by Crippen LogP contribution is -2.01. The number of rotatable bonds is 3. The average molecular weight is 206 g/mol. The summed E-state index contributed by atoms with van der Waals surface area (Å²) in [5, 5.41) is 0.314. The van der Waals surface area contributed by atoms with Gasteiger partial charge in [-0.15, -0.1) is 0 Å². The van der Waals surface area contributed by atoms with E-state index >= 15 is 0 Å². The molecule has 0 aliphatic rings. The second-order valence-electron chi connectivity index (χ2n) is 2.39. The van der Waals surface area contributed by atoms with E-state index in [0.29, 0.717) is 10.6 Å². The minimum absolute atomic E-state index is 0.0486. The Morgan fingerprint density at radius 3 is 2.77 bits per heavy atom. The summed E-state index contributed by atoms with van der Waals surface area (Å²) in [6.07, 6.45) is 0. The van der Waals surface area contributed by atoms with Crippen molar-refractivity contribution in [3.05, 3.63) is 28.5 Å². The summed E-state index contributed by atoms with van der Waals surface area (Å²) in [5.41, 5.74) is 0.459. The molecule has 0 atom stereocenters. The second-order valence-corrected chi connectivity index (χ2v) is 2.77. The van der Waals surface area contributed by atoms with Gasteiger partial charge in [-0.3, -0.25) is 4.84 Å². The molecule has 13 heavy (non-hydrogen) atoms. The van der Waals surface area contributed by atoms with Crippen LogP contribution < -0.4 is 10.6 Å². The zero-order valence-corrected chi connectivity index (χ0v) is 7.77. The quantitative estimate of drug-likeness (QED) is 0.767. The molecule has 0 fully saturated rings. The van der Waals surface area contributed by atoms with Gasteiger partial charge in [0.2, 0.25) is 0 Å². The van der Waals surface area contributed by atoms with E-state index in [2.05, 4.69) is 4.84 Å². The SMILES string of the molecule is COc1cc(F)cc(CON)c1Cl. The molecule has 0 radical (unpaired) electrons. The van der Waals surface area contributed by atoms with Crippen molar-refractivity contribution in [2.75, 3.05) is 7.11 Å². The van der Waals surface area contributed by atoms with Gasteiger partial charge in [0.15, 0.2) is 0 Å². The van der Waals surface area contributed by atoms with Crippen LogP contribution in [0.4, 0.5) is 4.39 Å². The van der Waals surface area contributed by atoms with Crippen LogP contribution in [-0.4, -0.2) is 7.11 Å². The highest BCUT2D eigenvalue weighted by molar-refractivity contribution is 6.32. The summed E-state index contributed by atoms with van der Waals surface area (Å²) in [6.45, 7) is 0.0486. The molecule has 0 aliphatic heterocycles. The normalized spacial score (nSPS) is 10.2. The van der Waals surface area contributed by atoms with Crippen molar-refractivity contribution in [1.82, 2.24) is 0 Å². The Morgan fingerprint density at radius 1 is 1.54 bits per heavy atom. The van der Waals surface area contributed by atoms with E-state index in [1.807, 2.05) is 0 Å². The number of methoxy groups -OCH3 is 1. The molecular formula is C8H9ClFNO2. The third-order valence-electron chi connectivity index (χ3n) is 1.54. The first-order valence-electron chi connectivity index (χ1n) is 3.52. The molecule has 0 saturated carbocycles. The lowest BCUT2D eigenvalue weighted by molar-refractivity contribution is 0.124. The van der Waals surface area contributed by atoms with Crippen LogP contribution in [0.2, 0.25) is 5.02 Å². The van der Waals surface area contributed by atoms with Crippen LogP contribution in [0, 0.1) is 5.82 Å². The van der Waals surface area contributed by atoms with Gasteiger partial charge in [0.05, 0.1) is 18.7 Å². The van der Waals surface area contributed by atoms with Crippen LogP contribution in [0.15, 0.2) is 12.1 Å². The van der Waals surface area contributed by atoms with Crippen molar-refractivity contribution in [3.8, 4) is 5.75 Å². The average Bonchev–Trinajstić information content (AvgIpc) is 2.11. The maximum absolute atomic E-state index is 12.9. The van der Waals surface area contributed by atoms with Gasteiger partial charge in [-0.1, -0.05) is 11.6 Å². The van der Waals surface area contributed by atoms with E-state index in [1.165, 1.54) is 19.2 Å². The number of halogens is 2. The van der Waals surface area contributed by atoms with Gasteiger partial charge in [0.25, 0.3) is 0 Å². The lowest BCUT2D eigenvalue weighted by Gasteiger charge is -2.07. The van der Waals surface area contributed by atoms with E-state index in [4.69, 9.17) is 22.2 Å². The summed E-state index contributed by atoms with van der Waals surface area (Å²) < 4.78 is 17.7. The van der Waals surface area contributed by atoms with Crippen LogP contribution in [0.5, 0.6) is 5.75 Å². The van der Waals surface area contributed by atoms with Crippen LogP contribution >= 0.6 is 11.6 Å². The van der Waals surface area contributed by atoms with Gasteiger partial charge >= 0.3 is 0 Å². The molecule has 1 rings (SSSR count). The number of ether oxygens (including phenoxy) is 1. The second kappa shape index (κ2) is 4.41. The Hall–Kier alpha value is -0.840.